The van der Waals surface area contributed by atoms with Crippen molar-refractivity contribution in [1.82, 2.24) is 25.2 Å². The van der Waals surface area contributed by atoms with Gasteiger partial charge in [0.25, 0.3) is 5.91 Å². The second-order valence-electron chi connectivity index (χ2n) is 15.5. The Morgan fingerprint density at radius 1 is 1.10 bits per heavy atom. The topological polar surface area (TPSA) is 173 Å². The molecular weight excluding hydrogens is 650 g/mol. The molecule has 1 aromatic carbocycles. The minimum absolute atomic E-state index is 0.0243. The molecule has 2 heterocycles. The zero-order valence-corrected chi connectivity index (χ0v) is 30.0. The predicted molar refractivity (Wildman–Crippen MR) is 183 cm³/mol. The van der Waals surface area contributed by atoms with Crippen LogP contribution in [0.15, 0.2) is 43.1 Å². The third-order valence-corrected chi connectivity index (χ3v) is 10.9. The van der Waals surface area contributed by atoms with Crippen LogP contribution >= 0.6 is 0 Å². The van der Waals surface area contributed by atoms with Crippen LogP contribution in [0.3, 0.4) is 0 Å². The molecule has 14 heteroatoms. The van der Waals surface area contributed by atoms with Crippen molar-refractivity contribution in [2.24, 2.45) is 11.3 Å². The van der Waals surface area contributed by atoms with Crippen LogP contribution in [0.2, 0.25) is 0 Å². The van der Waals surface area contributed by atoms with Gasteiger partial charge in [0.15, 0.2) is 0 Å². The van der Waals surface area contributed by atoms with Gasteiger partial charge in [0.2, 0.25) is 27.7 Å². The number of carbonyl (C=O) groups excluding carboxylic acids is 4. The van der Waals surface area contributed by atoms with Gasteiger partial charge < -0.3 is 25.0 Å². The van der Waals surface area contributed by atoms with E-state index >= 15 is 0 Å². The lowest BCUT2D eigenvalue weighted by atomic mass is 9.85. The monoisotopic (exact) mass is 697 g/mol. The van der Waals surface area contributed by atoms with E-state index in [4.69, 9.17) is 9.47 Å². The van der Waals surface area contributed by atoms with Crippen LogP contribution in [-0.2, 0) is 29.1 Å². The number of aryl methyl sites for hydroxylation is 1. The number of likely N-dealkylation sites (tertiary alicyclic amines) is 1. The summed E-state index contributed by atoms with van der Waals surface area (Å²) in [5.41, 5.74) is -2.16. The number of hydrogen-bond donors (Lipinski definition) is 3. The zero-order valence-electron chi connectivity index (χ0n) is 29.2. The van der Waals surface area contributed by atoms with Gasteiger partial charge in [-0.25, -0.2) is 18.2 Å². The van der Waals surface area contributed by atoms with Crippen molar-refractivity contribution >= 4 is 44.6 Å². The lowest BCUT2D eigenvalue weighted by Gasteiger charge is -2.36. The van der Waals surface area contributed by atoms with E-state index in [2.05, 4.69) is 26.9 Å². The van der Waals surface area contributed by atoms with Crippen LogP contribution in [0.25, 0.3) is 10.8 Å². The van der Waals surface area contributed by atoms with Crippen LogP contribution in [-0.4, -0.2) is 83.2 Å². The van der Waals surface area contributed by atoms with E-state index in [1.165, 1.54) is 11.0 Å². The van der Waals surface area contributed by atoms with E-state index in [0.717, 1.165) is 16.3 Å². The Hall–Kier alpha value is -4.20. The van der Waals surface area contributed by atoms with Gasteiger partial charge in [0.1, 0.15) is 29.3 Å². The SMILES string of the molecule is C=CC1CC1(NC(=O)C1CC(Oc2nccc3ccc(C)cc23)CN1C(=O)C(NC(=O)OC(C)(C)C)C(C)(C)C)C(=O)NS(=O)(=O)C1CC1. The maximum Gasteiger partial charge on any atom is 0.408 e. The number of sulfonamides is 1. The van der Waals surface area contributed by atoms with Crippen molar-refractivity contribution < 1.29 is 37.1 Å². The summed E-state index contributed by atoms with van der Waals surface area (Å²) in [4.78, 5) is 60.7. The van der Waals surface area contributed by atoms with Crippen molar-refractivity contribution in [2.45, 2.75) is 109 Å². The Morgan fingerprint density at radius 3 is 2.39 bits per heavy atom. The Labute approximate surface area is 287 Å². The van der Waals surface area contributed by atoms with Gasteiger partial charge >= 0.3 is 6.09 Å². The summed E-state index contributed by atoms with van der Waals surface area (Å²) in [6.07, 6.45) is 2.77. The Morgan fingerprint density at radius 2 is 1.80 bits per heavy atom. The van der Waals surface area contributed by atoms with Gasteiger partial charge in [0.05, 0.1) is 11.8 Å². The number of fused-ring (bicyclic) bond motifs is 1. The number of aromatic nitrogens is 1. The third kappa shape index (κ3) is 8.00. The molecule has 2 aromatic rings. The van der Waals surface area contributed by atoms with Gasteiger partial charge in [-0.05, 0) is 69.9 Å². The van der Waals surface area contributed by atoms with Gasteiger partial charge in [-0.1, -0.05) is 44.5 Å². The van der Waals surface area contributed by atoms with Crippen molar-refractivity contribution in [1.29, 1.82) is 0 Å². The molecule has 5 rings (SSSR count). The largest absolute Gasteiger partial charge is 0.472 e. The highest BCUT2D eigenvalue weighted by Crippen LogP contribution is 2.45. The molecule has 1 saturated heterocycles. The van der Waals surface area contributed by atoms with Crippen LogP contribution in [0.1, 0.15) is 72.8 Å². The van der Waals surface area contributed by atoms with Crippen LogP contribution in [0.5, 0.6) is 5.88 Å². The van der Waals surface area contributed by atoms with Crippen molar-refractivity contribution in [3.63, 3.8) is 0 Å². The number of hydrogen-bond acceptors (Lipinski definition) is 9. The number of nitrogens with zero attached hydrogens (tertiary/aromatic N) is 2. The summed E-state index contributed by atoms with van der Waals surface area (Å²) in [5.74, 6) is -2.21. The molecule has 5 unspecified atom stereocenters. The molecule has 13 nitrogen and oxygen atoms in total. The first-order valence-electron chi connectivity index (χ1n) is 16.6. The summed E-state index contributed by atoms with van der Waals surface area (Å²) in [7, 11) is -3.89. The predicted octanol–water partition coefficient (Wildman–Crippen LogP) is 3.50. The van der Waals surface area contributed by atoms with Gasteiger partial charge in [-0.15, -0.1) is 6.58 Å². The summed E-state index contributed by atoms with van der Waals surface area (Å²) in [5, 5.41) is 6.53. The highest BCUT2D eigenvalue weighted by atomic mass is 32.2. The average molecular weight is 698 g/mol. The number of amides is 4. The molecule has 266 valence electrons. The smallest absolute Gasteiger partial charge is 0.408 e. The standard InChI is InChI=1S/C35H47N5O8S/c1-9-22-18-35(22,31(43)39-49(45,46)24-12-13-24)38-28(41)26-17-23(47-29-25-16-20(2)10-11-21(25)14-15-36-29)19-40(26)30(42)27(33(3,4)5)37-32(44)48-34(6,7)8/h9-11,14-16,22-24,26-27H,1,12-13,17-19H2,2-8H3,(H,37,44)(H,38,41)(H,39,43). The summed E-state index contributed by atoms with van der Waals surface area (Å²) >= 11 is 0. The van der Waals surface area contributed by atoms with E-state index < -0.39 is 79.7 Å². The fraction of sp³-hybridized carbons (Fsp3) is 0.571. The Bertz CT molecular complexity index is 1780. The Balaban J connectivity index is 1.44. The molecule has 3 fully saturated rings. The van der Waals surface area contributed by atoms with Gasteiger partial charge in [-0.3, -0.25) is 19.1 Å². The number of carbonyl (C=O) groups is 4. The second kappa shape index (κ2) is 12.9. The summed E-state index contributed by atoms with van der Waals surface area (Å²) in [6, 6.07) is 5.50. The summed E-state index contributed by atoms with van der Waals surface area (Å²) < 4.78 is 39.3. The van der Waals surface area contributed by atoms with Gasteiger partial charge in [-0.2, -0.15) is 0 Å². The first-order chi connectivity index (χ1) is 22.7. The maximum absolute atomic E-state index is 14.4. The number of benzene rings is 1. The van der Waals surface area contributed by atoms with Crippen LogP contribution < -0.4 is 20.1 Å². The summed E-state index contributed by atoms with van der Waals surface area (Å²) in [6.45, 7) is 16.2. The third-order valence-electron chi connectivity index (χ3n) is 9.03. The van der Waals surface area contributed by atoms with Crippen molar-refractivity contribution in [3.05, 3.63) is 48.7 Å². The number of nitrogens with one attached hydrogen (secondary N) is 3. The van der Waals surface area contributed by atoms with Gasteiger partial charge in [0, 0.05) is 23.9 Å². The zero-order chi connectivity index (χ0) is 36.1. The minimum atomic E-state index is -3.89. The molecule has 4 amide bonds. The number of ether oxygens (including phenoxy) is 2. The highest BCUT2D eigenvalue weighted by molar-refractivity contribution is 7.91. The molecule has 2 aliphatic carbocycles. The lowest BCUT2D eigenvalue weighted by molar-refractivity contribution is -0.143. The number of pyridine rings is 1. The Kier molecular flexibility index (Phi) is 9.52. The molecule has 1 aliphatic heterocycles. The molecule has 49 heavy (non-hydrogen) atoms. The fourth-order valence-corrected chi connectivity index (χ4v) is 7.51. The first kappa shape index (κ1) is 36.1. The fourth-order valence-electron chi connectivity index (χ4n) is 6.14. The molecule has 1 aromatic heterocycles. The second-order valence-corrected chi connectivity index (χ2v) is 17.4. The van der Waals surface area contributed by atoms with Crippen molar-refractivity contribution in [3.8, 4) is 5.88 Å². The van der Waals surface area contributed by atoms with E-state index in [9.17, 15) is 27.6 Å². The lowest BCUT2D eigenvalue weighted by Crippen LogP contribution is -2.60. The molecule has 0 bridgehead atoms. The molecular formula is C35H47N5O8S. The molecule has 0 radical (unpaired) electrons. The van der Waals surface area contributed by atoms with E-state index in [-0.39, 0.29) is 19.4 Å². The van der Waals surface area contributed by atoms with E-state index in [1.807, 2.05) is 31.2 Å². The maximum atomic E-state index is 14.4. The molecule has 3 N–H and O–H groups in total. The number of alkyl carbamates (subject to hydrolysis) is 1. The van der Waals surface area contributed by atoms with Crippen LogP contribution in [0, 0.1) is 18.3 Å². The molecule has 0 spiro atoms. The minimum Gasteiger partial charge on any atom is -0.472 e. The number of rotatable bonds is 10. The normalized spacial score (nSPS) is 24.5. The van der Waals surface area contributed by atoms with E-state index in [1.54, 1.807) is 47.7 Å². The van der Waals surface area contributed by atoms with Crippen LogP contribution in [0.4, 0.5) is 4.79 Å². The molecule has 5 atom stereocenters. The molecule has 2 saturated carbocycles. The van der Waals surface area contributed by atoms with Crippen molar-refractivity contribution in [2.75, 3.05) is 6.54 Å². The molecule has 3 aliphatic rings. The van der Waals surface area contributed by atoms with E-state index in [0.29, 0.717) is 18.7 Å². The quantitative estimate of drug-likeness (QED) is 0.314. The average Bonchev–Trinajstić information content (AvgIpc) is 3.91. The first-order valence-corrected chi connectivity index (χ1v) is 18.1. The highest BCUT2D eigenvalue weighted by Gasteiger charge is 2.62.